The molecule has 0 bridgehead atoms. The zero-order chi connectivity index (χ0) is 18.6. The molecule has 2 aromatic rings. The van der Waals surface area contributed by atoms with Gasteiger partial charge in [-0.3, -0.25) is 4.79 Å². The van der Waals surface area contributed by atoms with Crippen molar-refractivity contribution in [1.82, 2.24) is 0 Å². The number of halogens is 1. The van der Waals surface area contributed by atoms with Crippen molar-refractivity contribution >= 4 is 23.2 Å². The summed E-state index contributed by atoms with van der Waals surface area (Å²) >= 11 is 6.06. The molecule has 0 saturated carbocycles. The number of methoxy groups -OCH3 is 2. The second-order valence-electron chi connectivity index (χ2n) is 5.75. The fraction of sp³-hybridized carbons (Fsp3) is 0.316. The van der Waals surface area contributed by atoms with Crippen LogP contribution < -0.4 is 19.5 Å². The molecule has 0 saturated heterocycles. The van der Waals surface area contributed by atoms with Crippen molar-refractivity contribution in [3.63, 3.8) is 0 Å². The van der Waals surface area contributed by atoms with Crippen molar-refractivity contribution in [2.45, 2.75) is 20.8 Å². The summed E-state index contributed by atoms with van der Waals surface area (Å²) in [6.45, 7) is 5.83. The highest BCUT2D eigenvalue weighted by atomic mass is 35.5. The van der Waals surface area contributed by atoms with E-state index in [1.807, 2.05) is 32.9 Å². The molecule has 0 aliphatic heterocycles. The molecule has 6 heteroatoms. The molecule has 25 heavy (non-hydrogen) atoms. The van der Waals surface area contributed by atoms with E-state index in [1.54, 1.807) is 12.1 Å². The van der Waals surface area contributed by atoms with Crippen LogP contribution in [0.1, 0.15) is 16.7 Å². The molecule has 0 atom stereocenters. The summed E-state index contributed by atoms with van der Waals surface area (Å²) in [6.07, 6.45) is 0. The largest absolute Gasteiger partial charge is 0.495 e. The fourth-order valence-electron chi connectivity index (χ4n) is 2.68. The van der Waals surface area contributed by atoms with Crippen LogP contribution in [-0.2, 0) is 4.79 Å². The van der Waals surface area contributed by atoms with Gasteiger partial charge in [0.2, 0.25) is 0 Å². The summed E-state index contributed by atoms with van der Waals surface area (Å²) in [5, 5.41) is 3.16. The normalized spacial score (nSPS) is 10.3. The van der Waals surface area contributed by atoms with E-state index in [-0.39, 0.29) is 12.5 Å². The molecule has 2 rings (SSSR count). The molecule has 0 aliphatic rings. The topological polar surface area (TPSA) is 56.8 Å². The molecule has 0 unspecified atom stereocenters. The van der Waals surface area contributed by atoms with Gasteiger partial charge in [0.15, 0.2) is 6.61 Å². The van der Waals surface area contributed by atoms with E-state index >= 15 is 0 Å². The average Bonchev–Trinajstić information content (AvgIpc) is 2.55. The van der Waals surface area contributed by atoms with E-state index in [1.165, 1.54) is 14.2 Å². The highest BCUT2D eigenvalue weighted by Crippen LogP contribution is 2.35. The molecule has 1 amide bonds. The van der Waals surface area contributed by atoms with Gasteiger partial charge in [0, 0.05) is 12.1 Å². The first kappa shape index (κ1) is 18.9. The third-order valence-corrected chi connectivity index (χ3v) is 4.00. The highest BCUT2D eigenvalue weighted by molar-refractivity contribution is 6.32. The Labute approximate surface area is 152 Å². The van der Waals surface area contributed by atoms with Crippen molar-refractivity contribution in [2.75, 3.05) is 26.1 Å². The minimum atomic E-state index is -0.304. The maximum Gasteiger partial charge on any atom is 0.262 e. The van der Waals surface area contributed by atoms with E-state index in [9.17, 15) is 4.79 Å². The van der Waals surface area contributed by atoms with Crippen molar-refractivity contribution in [1.29, 1.82) is 0 Å². The minimum absolute atomic E-state index is 0.112. The number of amides is 1. The smallest absolute Gasteiger partial charge is 0.262 e. The molecule has 5 nitrogen and oxygen atoms in total. The van der Waals surface area contributed by atoms with Crippen LogP contribution in [0.4, 0.5) is 5.69 Å². The van der Waals surface area contributed by atoms with Gasteiger partial charge in [-0.15, -0.1) is 0 Å². The van der Waals surface area contributed by atoms with Gasteiger partial charge in [0.05, 0.1) is 24.9 Å². The minimum Gasteiger partial charge on any atom is -0.495 e. The molecule has 134 valence electrons. The van der Waals surface area contributed by atoms with Crippen LogP contribution in [0, 0.1) is 20.8 Å². The number of carbonyl (C=O) groups excluding carboxylic acids is 1. The summed E-state index contributed by atoms with van der Waals surface area (Å²) in [5.41, 5.74) is 3.62. The number of hydrogen-bond donors (Lipinski definition) is 1. The van der Waals surface area contributed by atoms with Gasteiger partial charge >= 0.3 is 0 Å². The number of aryl methyl sites for hydroxylation is 3. The van der Waals surface area contributed by atoms with Gasteiger partial charge in [-0.2, -0.15) is 0 Å². The molecular formula is C19H22ClNO4. The van der Waals surface area contributed by atoms with Gasteiger partial charge in [-0.05, 0) is 31.9 Å². The van der Waals surface area contributed by atoms with Crippen LogP contribution in [0.5, 0.6) is 17.2 Å². The maximum absolute atomic E-state index is 12.3. The van der Waals surface area contributed by atoms with Gasteiger partial charge in [0.25, 0.3) is 5.91 Å². The van der Waals surface area contributed by atoms with E-state index in [0.29, 0.717) is 22.2 Å². The van der Waals surface area contributed by atoms with Crippen LogP contribution in [-0.4, -0.2) is 26.7 Å². The van der Waals surface area contributed by atoms with Crippen LogP contribution in [0.25, 0.3) is 0 Å². The monoisotopic (exact) mass is 363 g/mol. The summed E-state index contributed by atoms with van der Waals surface area (Å²) in [7, 11) is 3.01. The Balaban J connectivity index is 2.11. The Morgan fingerprint density at radius 1 is 1.00 bits per heavy atom. The molecule has 0 aromatic heterocycles. The summed E-state index contributed by atoms with van der Waals surface area (Å²) in [6, 6.07) is 7.24. The Morgan fingerprint density at radius 2 is 1.60 bits per heavy atom. The van der Waals surface area contributed by atoms with E-state index in [2.05, 4.69) is 5.32 Å². The second-order valence-corrected chi connectivity index (χ2v) is 6.16. The van der Waals surface area contributed by atoms with Crippen LogP contribution >= 0.6 is 11.6 Å². The Kier molecular flexibility index (Phi) is 6.15. The van der Waals surface area contributed by atoms with Crippen molar-refractivity contribution in [2.24, 2.45) is 0 Å². The lowest BCUT2D eigenvalue weighted by atomic mass is 10.1. The summed E-state index contributed by atoms with van der Waals surface area (Å²) < 4.78 is 16.1. The summed E-state index contributed by atoms with van der Waals surface area (Å²) in [4.78, 5) is 12.3. The van der Waals surface area contributed by atoms with Crippen molar-refractivity contribution in [3.8, 4) is 17.2 Å². The number of nitrogens with one attached hydrogen (secondary N) is 1. The molecule has 0 radical (unpaired) electrons. The molecule has 0 spiro atoms. The van der Waals surface area contributed by atoms with Gasteiger partial charge in [-0.25, -0.2) is 0 Å². The van der Waals surface area contributed by atoms with Crippen molar-refractivity contribution in [3.05, 3.63) is 46.0 Å². The molecular weight excluding hydrogens is 342 g/mol. The number of carbonyl (C=O) groups is 1. The SMILES string of the molecule is COc1cc(NC(=O)COc2c(C)cc(C)cc2C)c(OC)cc1Cl. The van der Waals surface area contributed by atoms with E-state index in [0.717, 1.165) is 22.4 Å². The number of anilines is 1. The van der Waals surface area contributed by atoms with Crippen LogP contribution in [0.2, 0.25) is 5.02 Å². The third-order valence-electron chi connectivity index (χ3n) is 3.70. The van der Waals surface area contributed by atoms with Gasteiger partial charge < -0.3 is 19.5 Å². The van der Waals surface area contributed by atoms with Crippen molar-refractivity contribution < 1.29 is 19.0 Å². The first-order chi connectivity index (χ1) is 11.8. The quantitative estimate of drug-likeness (QED) is 0.831. The maximum atomic E-state index is 12.3. The molecule has 0 heterocycles. The zero-order valence-electron chi connectivity index (χ0n) is 15.0. The lowest BCUT2D eigenvalue weighted by Gasteiger charge is -2.15. The zero-order valence-corrected chi connectivity index (χ0v) is 15.8. The molecule has 1 N–H and O–H groups in total. The number of hydrogen-bond acceptors (Lipinski definition) is 4. The summed E-state index contributed by atoms with van der Waals surface area (Å²) in [5.74, 6) is 1.31. The molecule has 0 aliphatic carbocycles. The first-order valence-electron chi connectivity index (χ1n) is 7.77. The number of rotatable bonds is 6. The Morgan fingerprint density at radius 3 is 2.16 bits per heavy atom. The number of benzene rings is 2. The highest BCUT2D eigenvalue weighted by Gasteiger charge is 2.14. The van der Waals surface area contributed by atoms with E-state index in [4.69, 9.17) is 25.8 Å². The van der Waals surface area contributed by atoms with E-state index < -0.39 is 0 Å². The standard InChI is InChI=1S/C19H22ClNO4/c1-11-6-12(2)19(13(3)7-11)25-10-18(22)21-15-9-16(23-4)14(20)8-17(15)24-5/h6-9H,10H2,1-5H3,(H,21,22). The first-order valence-corrected chi connectivity index (χ1v) is 8.15. The van der Waals surface area contributed by atoms with Gasteiger partial charge in [0.1, 0.15) is 17.2 Å². The molecule has 2 aromatic carbocycles. The van der Waals surface area contributed by atoms with Crippen LogP contribution in [0.3, 0.4) is 0 Å². The lowest BCUT2D eigenvalue weighted by molar-refractivity contribution is -0.118. The molecule has 0 fully saturated rings. The Hall–Kier alpha value is -2.40. The Bertz CT molecular complexity index is 766. The predicted octanol–water partition coefficient (Wildman–Crippen LogP) is 4.30. The second kappa shape index (κ2) is 8.12. The average molecular weight is 364 g/mol. The fourth-order valence-corrected chi connectivity index (χ4v) is 2.91. The third kappa shape index (κ3) is 4.57. The predicted molar refractivity (Wildman–Crippen MR) is 99.3 cm³/mol. The van der Waals surface area contributed by atoms with Gasteiger partial charge in [-0.1, -0.05) is 29.3 Å². The lowest BCUT2D eigenvalue weighted by Crippen LogP contribution is -2.21. The number of ether oxygens (including phenoxy) is 3. The van der Waals surface area contributed by atoms with Crippen LogP contribution in [0.15, 0.2) is 24.3 Å².